The predicted octanol–water partition coefficient (Wildman–Crippen LogP) is 2.17. The van der Waals surface area contributed by atoms with Gasteiger partial charge < -0.3 is 14.7 Å². The quantitative estimate of drug-likeness (QED) is 0.813. The van der Waals surface area contributed by atoms with Gasteiger partial charge in [-0.25, -0.2) is 0 Å². The standard InChI is InChI=1S/C13H14BrNO4/c1-3-6-15(8-12(16)17)13(18)10-7-9(19-2)4-5-11(10)14/h3-5,7H,1,6,8H2,2H3,(H,16,17). The van der Waals surface area contributed by atoms with E-state index in [1.165, 1.54) is 18.1 Å². The molecule has 0 saturated carbocycles. The molecule has 0 aliphatic carbocycles. The maximum absolute atomic E-state index is 12.3. The van der Waals surface area contributed by atoms with Gasteiger partial charge in [0, 0.05) is 11.0 Å². The number of methoxy groups -OCH3 is 1. The summed E-state index contributed by atoms with van der Waals surface area (Å²) in [7, 11) is 1.50. The number of carbonyl (C=O) groups excluding carboxylic acids is 1. The van der Waals surface area contributed by atoms with Crippen LogP contribution in [0.2, 0.25) is 0 Å². The number of nitrogens with zero attached hydrogens (tertiary/aromatic N) is 1. The predicted molar refractivity (Wildman–Crippen MR) is 74.4 cm³/mol. The molecule has 0 saturated heterocycles. The first kappa shape index (κ1) is 15.2. The van der Waals surface area contributed by atoms with E-state index < -0.39 is 11.9 Å². The van der Waals surface area contributed by atoms with Gasteiger partial charge in [-0.15, -0.1) is 6.58 Å². The molecule has 1 aromatic rings. The number of rotatable bonds is 6. The molecule has 1 N–H and O–H groups in total. The molecule has 1 rings (SSSR count). The summed E-state index contributed by atoms with van der Waals surface area (Å²) in [5.41, 5.74) is 0.349. The van der Waals surface area contributed by atoms with E-state index in [0.29, 0.717) is 15.8 Å². The van der Waals surface area contributed by atoms with Crippen LogP contribution in [-0.2, 0) is 4.79 Å². The fourth-order valence-electron chi connectivity index (χ4n) is 1.50. The molecule has 0 spiro atoms. The summed E-state index contributed by atoms with van der Waals surface area (Å²) in [5.74, 6) is -0.942. The van der Waals surface area contributed by atoms with Crippen molar-refractivity contribution in [1.82, 2.24) is 4.90 Å². The number of halogens is 1. The normalized spacial score (nSPS) is 9.79. The smallest absolute Gasteiger partial charge is 0.323 e. The number of hydrogen-bond donors (Lipinski definition) is 1. The van der Waals surface area contributed by atoms with Gasteiger partial charge in [-0.05, 0) is 34.1 Å². The van der Waals surface area contributed by atoms with Crippen molar-refractivity contribution in [3.8, 4) is 5.75 Å². The van der Waals surface area contributed by atoms with Crippen molar-refractivity contribution < 1.29 is 19.4 Å². The molecule has 0 aliphatic heterocycles. The molecular weight excluding hydrogens is 314 g/mol. The van der Waals surface area contributed by atoms with Crippen LogP contribution >= 0.6 is 15.9 Å². The summed E-state index contributed by atoms with van der Waals surface area (Å²) in [5, 5.41) is 8.81. The molecule has 0 bridgehead atoms. The van der Waals surface area contributed by atoms with Crippen molar-refractivity contribution in [2.24, 2.45) is 0 Å². The highest BCUT2D eigenvalue weighted by molar-refractivity contribution is 9.10. The molecule has 1 amide bonds. The Morgan fingerprint density at radius 3 is 2.74 bits per heavy atom. The summed E-state index contributed by atoms with van der Waals surface area (Å²) >= 11 is 3.27. The fourth-order valence-corrected chi connectivity index (χ4v) is 1.92. The van der Waals surface area contributed by atoms with Crippen LogP contribution in [0.4, 0.5) is 0 Å². The zero-order chi connectivity index (χ0) is 14.4. The summed E-state index contributed by atoms with van der Waals surface area (Å²) in [6.07, 6.45) is 1.48. The number of carboxylic acids is 1. The largest absolute Gasteiger partial charge is 0.497 e. The van der Waals surface area contributed by atoms with Crippen LogP contribution in [0.15, 0.2) is 35.3 Å². The summed E-state index contributed by atoms with van der Waals surface area (Å²) < 4.78 is 5.63. The topological polar surface area (TPSA) is 66.8 Å². The Kier molecular flexibility index (Phi) is 5.57. The van der Waals surface area contributed by atoms with Gasteiger partial charge in [-0.1, -0.05) is 6.08 Å². The third-order valence-corrected chi connectivity index (χ3v) is 3.06. The number of benzene rings is 1. The Morgan fingerprint density at radius 1 is 1.53 bits per heavy atom. The summed E-state index contributed by atoms with van der Waals surface area (Å²) in [6.45, 7) is 3.30. The van der Waals surface area contributed by atoms with E-state index >= 15 is 0 Å². The van der Waals surface area contributed by atoms with Crippen LogP contribution < -0.4 is 4.74 Å². The second-order valence-electron chi connectivity index (χ2n) is 3.71. The van der Waals surface area contributed by atoms with Gasteiger partial charge in [-0.3, -0.25) is 9.59 Å². The van der Waals surface area contributed by atoms with E-state index in [0.717, 1.165) is 0 Å². The molecule has 0 radical (unpaired) electrons. The Hall–Kier alpha value is -1.82. The van der Waals surface area contributed by atoms with Gasteiger partial charge >= 0.3 is 5.97 Å². The highest BCUT2D eigenvalue weighted by Gasteiger charge is 2.20. The van der Waals surface area contributed by atoms with Gasteiger partial charge in [0.2, 0.25) is 0 Å². The zero-order valence-corrected chi connectivity index (χ0v) is 12.0. The Morgan fingerprint density at radius 2 is 2.21 bits per heavy atom. The van der Waals surface area contributed by atoms with Gasteiger partial charge in [-0.2, -0.15) is 0 Å². The maximum Gasteiger partial charge on any atom is 0.323 e. The van der Waals surface area contributed by atoms with Crippen molar-refractivity contribution >= 4 is 27.8 Å². The number of carboxylic acid groups (broad SMARTS) is 1. The molecule has 19 heavy (non-hydrogen) atoms. The summed E-state index contributed by atoms with van der Waals surface area (Å²) in [6, 6.07) is 4.94. The first-order chi connectivity index (χ1) is 8.99. The van der Waals surface area contributed by atoms with E-state index in [9.17, 15) is 9.59 Å². The van der Waals surface area contributed by atoms with Crippen LogP contribution in [0, 0.1) is 0 Å². The van der Waals surface area contributed by atoms with Crippen LogP contribution in [0.3, 0.4) is 0 Å². The minimum Gasteiger partial charge on any atom is -0.497 e. The second kappa shape index (κ2) is 6.94. The number of amides is 1. The molecule has 0 aromatic heterocycles. The molecule has 6 heteroatoms. The van der Waals surface area contributed by atoms with Gasteiger partial charge in [0.05, 0.1) is 12.7 Å². The number of ether oxygens (including phenoxy) is 1. The lowest BCUT2D eigenvalue weighted by molar-refractivity contribution is -0.137. The molecule has 5 nitrogen and oxygen atoms in total. The number of aliphatic carboxylic acids is 1. The average Bonchev–Trinajstić information content (AvgIpc) is 2.37. The van der Waals surface area contributed by atoms with Crippen LogP contribution in [0.5, 0.6) is 5.75 Å². The van der Waals surface area contributed by atoms with Crippen molar-refractivity contribution in [2.45, 2.75) is 0 Å². The molecular formula is C13H14BrNO4. The highest BCUT2D eigenvalue weighted by Crippen LogP contribution is 2.23. The molecule has 0 atom stereocenters. The molecule has 0 aliphatic rings. The second-order valence-corrected chi connectivity index (χ2v) is 4.57. The summed E-state index contributed by atoms with van der Waals surface area (Å²) in [4.78, 5) is 24.2. The lowest BCUT2D eigenvalue weighted by Crippen LogP contribution is -2.36. The number of carbonyl (C=O) groups is 2. The highest BCUT2D eigenvalue weighted by atomic mass is 79.9. The Bertz CT molecular complexity index is 501. The molecule has 0 fully saturated rings. The van der Waals surface area contributed by atoms with Crippen molar-refractivity contribution in [2.75, 3.05) is 20.2 Å². The van der Waals surface area contributed by atoms with Crippen LogP contribution in [0.25, 0.3) is 0 Å². The fraction of sp³-hybridized carbons (Fsp3) is 0.231. The zero-order valence-electron chi connectivity index (χ0n) is 10.4. The van der Waals surface area contributed by atoms with Gasteiger partial charge in [0.15, 0.2) is 0 Å². The minimum absolute atomic E-state index is 0.161. The van der Waals surface area contributed by atoms with Crippen molar-refractivity contribution in [1.29, 1.82) is 0 Å². The van der Waals surface area contributed by atoms with E-state index in [2.05, 4.69) is 22.5 Å². The molecule has 0 unspecified atom stereocenters. The van der Waals surface area contributed by atoms with E-state index in [-0.39, 0.29) is 13.1 Å². The van der Waals surface area contributed by atoms with Crippen LogP contribution in [-0.4, -0.2) is 42.1 Å². The maximum atomic E-state index is 12.3. The van der Waals surface area contributed by atoms with Crippen molar-refractivity contribution in [3.63, 3.8) is 0 Å². The third kappa shape index (κ3) is 4.10. The van der Waals surface area contributed by atoms with Gasteiger partial charge in [0.1, 0.15) is 12.3 Å². The lowest BCUT2D eigenvalue weighted by Gasteiger charge is -2.19. The third-order valence-electron chi connectivity index (χ3n) is 2.37. The monoisotopic (exact) mass is 327 g/mol. The molecule has 1 aromatic carbocycles. The SMILES string of the molecule is C=CCN(CC(=O)O)C(=O)c1cc(OC)ccc1Br. The van der Waals surface area contributed by atoms with E-state index in [4.69, 9.17) is 9.84 Å². The van der Waals surface area contributed by atoms with Crippen molar-refractivity contribution in [3.05, 3.63) is 40.9 Å². The number of hydrogen-bond acceptors (Lipinski definition) is 3. The Balaban J connectivity index is 3.07. The Labute approximate surface area is 119 Å². The van der Waals surface area contributed by atoms with Crippen LogP contribution in [0.1, 0.15) is 10.4 Å². The molecule has 102 valence electrons. The molecule has 0 heterocycles. The van der Waals surface area contributed by atoms with E-state index in [1.54, 1.807) is 18.2 Å². The first-order valence-corrected chi connectivity index (χ1v) is 6.24. The first-order valence-electron chi connectivity index (χ1n) is 5.45. The van der Waals surface area contributed by atoms with Gasteiger partial charge in [0.25, 0.3) is 5.91 Å². The minimum atomic E-state index is -1.07. The average molecular weight is 328 g/mol. The lowest BCUT2D eigenvalue weighted by atomic mass is 10.2. The van der Waals surface area contributed by atoms with E-state index in [1.807, 2.05) is 0 Å².